The van der Waals surface area contributed by atoms with Gasteiger partial charge in [-0.05, 0) is 30.7 Å². The fourth-order valence-electron chi connectivity index (χ4n) is 1.80. The van der Waals surface area contributed by atoms with Gasteiger partial charge in [0, 0.05) is 6.07 Å². The molecular formula is C13H9Cl3N2O4S. The number of benzene rings is 2. The van der Waals surface area contributed by atoms with Gasteiger partial charge in [0.25, 0.3) is 15.7 Å². The third-order valence-corrected chi connectivity index (χ3v) is 5.41. The van der Waals surface area contributed by atoms with Crippen molar-refractivity contribution < 1.29 is 13.3 Å². The Morgan fingerprint density at radius 1 is 1.04 bits per heavy atom. The molecule has 0 saturated heterocycles. The quantitative estimate of drug-likeness (QED) is 0.463. The number of nitrogens with one attached hydrogen (secondary N) is 1. The standard InChI is InChI=1S/C13H9Cl3N2O4S/c1-7-2-3-12(18(19)20)11(4-7)17-23(21,22)13-6-9(15)8(14)5-10(13)16/h2-6,17H,1H3. The Morgan fingerprint density at radius 3 is 2.26 bits per heavy atom. The van der Waals surface area contributed by atoms with Gasteiger partial charge in [-0.1, -0.05) is 40.9 Å². The number of hydrogen-bond acceptors (Lipinski definition) is 4. The molecule has 0 bridgehead atoms. The molecule has 0 amide bonds. The Kier molecular flexibility index (Phi) is 5.05. The molecule has 6 nitrogen and oxygen atoms in total. The van der Waals surface area contributed by atoms with Crippen molar-refractivity contribution in [3.63, 3.8) is 0 Å². The number of nitrogens with zero attached hydrogens (tertiary/aromatic N) is 1. The van der Waals surface area contributed by atoms with Gasteiger partial charge in [-0.25, -0.2) is 8.42 Å². The number of sulfonamides is 1. The molecule has 0 fully saturated rings. The zero-order valence-corrected chi connectivity index (χ0v) is 14.6. The molecule has 0 saturated carbocycles. The second-order valence-electron chi connectivity index (χ2n) is 4.58. The van der Waals surface area contributed by atoms with Crippen LogP contribution in [0, 0.1) is 17.0 Å². The lowest BCUT2D eigenvalue weighted by atomic mass is 10.2. The fraction of sp³-hybridized carbons (Fsp3) is 0.0769. The molecule has 23 heavy (non-hydrogen) atoms. The maximum atomic E-state index is 12.5. The zero-order valence-electron chi connectivity index (χ0n) is 11.5. The smallest absolute Gasteiger partial charge is 0.273 e. The van der Waals surface area contributed by atoms with Crippen LogP contribution in [0.2, 0.25) is 15.1 Å². The molecule has 0 unspecified atom stereocenters. The highest BCUT2D eigenvalue weighted by atomic mass is 35.5. The van der Waals surface area contributed by atoms with E-state index >= 15 is 0 Å². The lowest BCUT2D eigenvalue weighted by Crippen LogP contribution is -2.14. The normalized spacial score (nSPS) is 11.3. The third-order valence-electron chi connectivity index (χ3n) is 2.86. The summed E-state index contributed by atoms with van der Waals surface area (Å²) in [6.07, 6.45) is 0. The van der Waals surface area contributed by atoms with Crippen molar-refractivity contribution in [2.24, 2.45) is 0 Å². The Labute approximate surface area is 147 Å². The monoisotopic (exact) mass is 394 g/mol. The summed E-state index contributed by atoms with van der Waals surface area (Å²) in [5.41, 5.74) is 0.0982. The number of rotatable bonds is 4. The molecule has 10 heteroatoms. The fourth-order valence-corrected chi connectivity index (χ4v) is 3.87. The largest absolute Gasteiger partial charge is 0.293 e. The summed E-state index contributed by atoms with van der Waals surface area (Å²) in [6.45, 7) is 1.67. The minimum atomic E-state index is -4.19. The first-order valence-electron chi connectivity index (χ1n) is 6.04. The summed E-state index contributed by atoms with van der Waals surface area (Å²) in [4.78, 5) is 10.0. The van der Waals surface area contributed by atoms with Gasteiger partial charge in [0.15, 0.2) is 0 Å². The van der Waals surface area contributed by atoms with Crippen molar-refractivity contribution >= 4 is 56.2 Å². The highest BCUT2D eigenvalue weighted by molar-refractivity contribution is 7.92. The first-order valence-corrected chi connectivity index (χ1v) is 8.66. The van der Waals surface area contributed by atoms with E-state index in [0.29, 0.717) is 5.56 Å². The molecule has 0 spiro atoms. The van der Waals surface area contributed by atoms with Crippen molar-refractivity contribution in [2.75, 3.05) is 4.72 Å². The summed E-state index contributed by atoms with van der Waals surface area (Å²) in [7, 11) is -4.19. The maximum absolute atomic E-state index is 12.5. The molecule has 2 aromatic rings. The van der Waals surface area contributed by atoms with E-state index < -0.39 is 14.9 Å². The molecule has 2 rings (SSSR count). The Hall–Kier alpha value is -1.54. The summed E-state index contributed by atoms with van der Waals surface area (Å²) in [6, 6.07) is 6.33. The predicted molar refractivity (Wildman–Crippen MR) is 90.1 cm³/mol. The van der Waals surface area contributed by atoms with Crippen molar-refractivity contribution in [1.82, 2.24) is 0 Å². The van der Waals surface area contributed by atoms with E-state index in [1.165, 1.54) is 24.3 Å². The number of hydrogen-bond donors (Lipinski definition) is 1. The van der Waals surface area contributed by atoms with Crippen LogP contribution >= 0.6 is 34.8 Å². The summed E-state index contributed by atoms with van der Waals surface area (Å²) in [5.74, 6) is 0. The molecule has 0 aliphatic carbocycles. The van der Waals surface area contributed by atoms with E-state index in [9.17, 15) is 18.5 Å². The minimum absolute atomic E-state index is 0.00446. The first-order chi connectivity index (χ1) is 10.6. The Morgan fingerprint density at radius 2 is 1.65 bits per heavy atom. The van der Waals surface area contributed by atoms with E-state index in [1.807, 2.05) is 0 Å². The minimum Gasteiger partial charge on any atom is -0.273 e. The molecule has 0 aromatic heterocycles. The summed E-state index contributed by atoms with van der Waals surface area (Å²) >= 11 is 17.5. The number of halogens is 3. The van der Waals surface area contributed by atoms with Crippen LogP contribution < -0.4 is 4.72 Å². The SMILES string of the molecule is Cc1ccc([N+](=O)[O-])c(NS(=O)(=O)c2cc(Cl)c(Cl)cc2Cl)c1. The average Bonchev–Trinajstić information content (AvgIpc) is 2.41. The van der Waals surface area contributed by atoms with Crippen LogP contribution in [0.1, 0.15) is 5.56 Å². The molecule has 0 heterocycles. The number of nitro groups is 1. The molecule has 0 aliphatic heterocycles. The second kappa shape index (κ2) is 6.52. The van der Waals surface area contributed by atoms with Gasteiger partial charge in [-0.2, -0.15) is 0 Å². The molecule has 1 N–H and O–H groups in total. The van der Waals surface area contributed by atoms with Crippen LogP contribution in [0.5, 0.6) is 0 Å². The molecule has 122 valence electrons. The van der Waals surface area contributed by atoms with Crippen LogP contribution in [-0.4, -0.2) is 13.3 Å². The van der Waals surface area contributed by atoms with Crippen molar-refractivity contribution in [3.05, 3.63) is 61.1 Å². The van der Waals surface area contributed by atoms with Gasteiger partial charge < -0.3 is 0 Å². The Balaban J connectivity index is 2.54. The molecule has 2 aromatic carbocycles. The summed E-state index contributed by atoms with van der Waals surface area (Å²) in [5, 5.41) is 11.0. The van der Waals surface area contributed by atoms with Crippen LogP contribution in [-0.2, 0) is 10.0 Å². The predicted octanol–water partition coefficient (Wildman–Crippen LogP) is 4.66. The first kappa shape index (κ1) is 17.8. The average molecular weight is 396 g/mol. The van der Waals surface area contributed by atoms with E-state index in [2.05, 4.69) is 4.72 Å². The van der Waals surface area contributed by atoms with Crippen LogP contribution in [0.25, 0.3) is 0 Å². The lowest BCUT2D eigenvalue weighted by molar-refractivity contribution is -0.383. The third kappa shape index (κ3) is 3.87. The molecular weight excluding hydrogens is 387 g/mol. The van der Waals surface area contributed by atoms with Gasteiger partial charge >= 0.3 is 0 Å². The van der Waals surface area contributed by atoms with Crippen LogP contribution in [0.15, 0.2) is 35.2 Å². The van der Waals surface area contributed by atoms with Gasteiger partial charge in [-0.15, -0.1) is 0 Å². The molecule has 0 radical (unpaired) electrons. The van der Waals surface area contributed by atoms with E-state index in [0.717, 1.165) is 6.07 Å². The number of nitro benzene ring substituents is 1. The topological polar surface area (TPSA) is 89.3 Å². The molecule has 0 atom stereocenters. The van der Waals surface area contributed by atoms with E-state index in [-0.39, 0.29) is 31.3 Å². The van der Waals surface area contributed by atoms with Crippen molar-refractivity contribution in [1.29, 1.82) is 0 Å². The number of anilines is 1. The van der Waals surface area contributed by atoms with Crippen molar-refractivity contribution in [3.8, 4) is 0 Å². The lowest BCUT2D eigenvalue weighted by Gasteiger charge is -2.11. The van der Waals surface area contributed by atoms with Crippen LogP contribution in [0.4, 0.5) is 11.4 Å². The molecule has 0 aliphatic rings. The van der Waals surface area contributed by atoms with Gasteiger partial charge in [-0.3, -0.25) is 14.8 Å². The van der Waals surface area contributed by atoms with E-state index in [1.54, 1.807) is 6.92 Å². The highest BCUT2D eigenvalue weighted by Crippen LogP contribution is 2.34. The van der Waals surface area contributed by atoms with Crippen molar-refractivity contribution in [2.45, 2.75) is 11.8 Å². The van der Waals surface area contributed by atoms with Gasteiger partial charge in [0.05, 0.1) is 20.0 Å². The highest BCUT2D eigenvalue weighted by Gasteiger charge is 2.24. The zero-order chi connectivity index (χ0) is 17.4. The van der Waals surface area contributed by atoms with Gasteiger partial charge in [0.1, 0.15) is 10.6 Å². The number of aryl methyl sites for hydroxylation is 1. The second-order valence-corrected chi connectivity index (χ2v) is 7.45. The van der Waals surface area contributed by atoms with Gasteiger partial charge in [0.2, 0.25) is 0 Å². The maximum Gasteiger partial charge on any atom is 0.293 e. The Bertz CT molecular complexity index is 900. The van der Waals surface area contributed by atoms with Crippen LogP contribution in [0.3, 0.4) is 0 Å². The van der Waals surface area contributed by atoms with E-state index in [4.69, 9.17) is 34.8 Å². The summed E-state index contributed by atoms with van der Waals surface area (Å²) < 4.78 is 27.1.